The van der Waals surface area contributed by atoms with Gasteiger partial charge in [-0.2, -0.15) is 0 Å². The number of hydrogen-bond acceptors (Lipinski definition) is 3. The summed E-state index contributed by atoms with van der Waals surface area (Å²) in [5, 5.41) is 3.48. The fourth-order valence-corrected chi connectivity index (χ4v) is 3.78. The Morgan fingerprint density at radius 3 is 2.30 bits per heavy atom. The maximum absolute atomic E-state index is 12.3. The zero-order chi connectivity index (χ0) is 19.1. The van der Waals surface area contributed by atoms with Crippen molar-refractivity contribution in [3.63, 3.8) is 0 Å². The van der Waals surface area contributed by atoms with E-state index >= 15 is 0 Å². The monoisotopic (exact) mass is 371 g/mol. The van der Waals surface area contributed by atoms with Crippen LogP contribution in [0.5, 0.6) is 0 Å². The third-order valence-electron chi connectivity index (χ3n) is 5.52. The highest BCUT2D eigenvalue weighted by Gasteiger charge is 2.24. The molecule has 2 aliphatic rings. The van der Waals surface area contributed by atoms with Crippen molar-refractivity contribution in [2.24, 2.45) is 4.99 Å². The Labute approximate surface area is 163 Å². The van der Waals surface area contributed by atoms with Crippen molar-refractivity contribution in [1.29, 1.82) is 0 Å². The minimum atomic E-state index is 0.293. The molecule has 2 heterocycles. The Kier molecular flexibility index (Phi) is 7.10. The molecule has 0 saturated carbocycles. The first-order valence-corrected chi connectivity index (χ1v) is 10.2. The van der Waals surface area contributed by atoms with E-state index in [2.05, 4.69) is 51.3 Å². The van der Waals surface area contributed by atoms with Crippen LogP contribution < -0.4 is 5.32 Å². The molecule has 0 spiro atoms. The van der Waals surface area contributed by atoms with Gasteiger partial charge in [0.1, 0.15) is 0 Å². The van der Waals surface area contributed by atoms with E-state index < -0.39 is 0 Å². The predicted molar refractivity (Wildman–Crippen MR) is 110 cm³/mol. The van der Waals surface area contributed by atoms with Gasteiger partial charge in [-0.25, -0.2) is 0 Å². The minimum absolute atomic E-state index is 0.293. The number of aryl methyl sites for hydroxylation is 1. The molecule has 3 rings (SSSR count). The number of aliphatic imine (C=N–C) groups is 1. The van der Waals surface area contributed by atoms with E-state index in [1.54, 1.807) is 0 Å². The number of nitrogens with one attached hydrogen (secondary N) is 1. The van der Waals surface area contributed by atoms with Crippen LogP contribution in [-0.4, -0.2) is 86.0 Å². The number of carbonyl (C=O) groups is 1. The number of carbonyl (C=O) groups excluding carboxylic acids is 1. The lowest BCUT2D eigenvalue weighted by atomic mass is 10.1. The topological polar surface area (TPSA) is 51.2 Å². The molecule has 0 atom stereocenters. The standard InChI is InChI=1S/C21H33N5O/c1-18-5-7-19(8-6-18)9-10-23-21(22-2)26-15-13-24(14-16-26)17-20(27)25-11-3-4-12-25/h5-8H,3-4,9-17H2,1-2H3,(H,22,23). The Morgan fingerprint density at radius 1 is 1.00 bits per heavy atom. The van der Waals surface area contributed by atoms with Gasteiger partial charge in [-0.05, 0) is 31.7 Å². The van der Waals surface area contributed by atoms with Crippen molar-refractivity contribution in [3.05, 3.63) is 35.4 Å². The van der Waals surface area contributed by atoms with Gasteiger partial charge in [-0.1, -0.05) is 29.8 Å². The Balaban J connectivity index is 1.39. The van der Waals surface area contributed by atoms with Crippen LogP contribution in [0, 0.1) is 6.92 Å². The van der Waals surface area contributed by atoms with E-state index in [0.717, 1.165) is 71.0 Å². The Morgan fingerprint density at radius 2 is 1.67 bits per heavy atom. The highest BCUT2D eigenvalue weighted by molar-refractivity contribution is 5.80. The van der Waals surface area contributed by atoms with Crippen molar-refractivity contribution >= 4 is 11.9 Å². The Bertz CT molecular complexity index is 628. The summed E-state index contributed by atoms with van der Waals surface area (Å²) in [7, 11) is 1.84. The molecule has 1 aromatic rings. The van der Waals surface area contributed by atoms with Crippen molar-refractivity contribution in [1.82, 2.24) is 20.0 Å². The number of guanidine groups is 1. The van der Waals surface area contributed by atoms with Crippen molar-refractivity contribution in [3.8, 4) is 0 Å². The summed E-state index contributed by atoms with van der Waals surface area (Å²) in [6.07, 6.45) is 3.30. The molecule has 148 valence electrons. The van der Waals surface area contributed by atoms with Gasteiger partial charge in [0.05, 0.1) is 6.54 Å². The summed E-state index contributed by atoms with van der Waals surface area (Å²) in [5.41, 5.74) is 2.64. The molecule has 6 nitrogen and oxygen atoms in total. The summed E-state index contributed by atoms with van der Waals surface area (Å²) in [4.78, 5) is 23.3. The Hall–Kier alpha value is -2.08. The maximum Gasteiger partial charge on any atom is 0.236 e. The zero-order valence-corrected chi connectivity index (χ0v) is 16.8. The highest BCUT2D eigenvalue weighted by Crippen LogP contribution is 2.09. The second-order valence-corrected chi connectivity index (χ2v) is 7.56. The summed E-state index contributed by atoms with van der Waals surface area (Å²) in [5.74, 6) is 1.26. The smallest absolute Gasteiger partial charge is 0.236 e. The third-order valence-corrected chi connectivity index (χ3v) is 5.52. The maximum atomic E-state index is 12.3. The molecule has 2 saturated heterocycles. The van der Waals surface area contributed by atoms with E-state index in [1.165, 1.54) is 11.1 Å². The molecule has 1 N–H and O–H groups in total. The molecule has 2 aliphatic heterocycles. The molecular formula is C21H33N5O. The van der Waals surface area contributed by atoms with Gasteiger partial charge < -0.3 is 15.1 Å². The van der Waals surface area contributed by atoms with Crippen molar-refractivity contribution in [2.45, 2.75) is 26.2 Å². The van der Waals surface area contributed by atoms with Gasteiger partial charge >= 0.3 is 0 Å². The van der Waals surface area contributed by atoms with E-state index in [-0.39, 0.29) is 0 Å². The lowest BCUT2D eigenvalue weighted by molar-refractivity contribution is -0.131. The minimum Gasteiger partial charge on any atom is -0.356 e. The fraction of sp³-hybridized carbons (Fsp3) is 0.619. The van der Waals surface area contributed by atoms with Crippen LogP contribution in [0.1, 0.15) is 24.0 Å². The lowest BCUT2D eigenvalue weighted by Crippen LogP contribution is -2.54. The van der Waals surface area contributed by atoms with E-state index in [1.807, 2.05) is 11.9 Å². The normalized spacial score (nSPS) is 18.8. The van der Waals surface area contributed by atoms with Crippen LogP contribution in [0.3, 0.4) is 0 Å². The molecule has 1 aromatic carbocycles. The number of rotatable bonds is 5. The number of amides is 1. The highest BCUT2D eigenvalue weighted by atomic mass is 16.2. The number of nitrogens with zero attached hydrogens (tertiary/aromatic N) is 4. The van der Waals surface area contributed by atoms with Crippen molar-refractivity contribution < 1.29 is 4.79 Å². The quantitative estimate of drug-likeness (QED) is 0.627. The summed E-state index contributed by atoms with van der Waals surface area (Å²) < 4.78 is 0. The van der Waals surface area contributed by atoms with Gasteiger partial charge in [-0.3, -0.25) is 14.7 Å². The molecule has 0 bridgehead atoms. The first kappa shape index (κ1) is 19.7. The predicted octanol–water partition coefficient (Wildman–Crippen LogP) is 1.35. The number of hydrogen-bond donors (Lipinski definition) is 1. The van der Waals surface area contributed by atoms with Crippen LogP contribution in [0.15, 0.2) is 29.3 Å². The van der Waals surface area contributed by atoms with Crippen molar-refractivity contribution in [2.75, 3.05) is 59.4 Å². The van der Waals surface area contributed by atoms with Crippen LogP contribution >= 0.6 is 0 Å². The second kappa shape index (κ2) is 9.74. The van der Waals surface area contributed by atoms with Crippen LogP contribution in [0.25, 0.3) is 0 Å². The van der Waals surface area contributed by atoms with Crippen LogP contribution in [-0.2, 0) is 11.2 Å². The van der Waals surface area contributed by atoms with Crippen LogP contribution in [0.2, 0.25) is 0 Å². The third kappa shape index (κ3) is 5.70. The number of piperazine rings is 1. The first-order valence-electron chi connectivity index (χ1n) is 10.2. The van der Waals surface area contributed by atoms with E-state index in [0.29, 0.717) is 12.5 Å². The summed E-state index contributed by atoms with van der Waals surface area (Å²) >= 11 is 0. The average Bonchev–Trinajstić information content (AvgIpc) is 3.23. The van der Waals surface area contributed by atoms with Crippen LogP contribution in [0.4, 0.5) is 0 Å². The number of likely N-dealkylation sites (tertiary alicyclic amines) is 1. The SMILES string of the molecule is CN=C(NCCc1ccc(C)cc1)N1CCN(CC(=O)N2CCCC2)CC1. The fourth-order valence-electron chi connectivity index (χ4n) is 3.78. The first-order chi connectivity index (χ1) is 13.2. The molecule has 0 radical (unpaired) electrons. The molecule has 27 heavy (non-hydrogen) atoms. The number of benzene rings is 1. The molecule has 2 fully saturated rings. The lowest BCUT2D eigenvalue weighted by Gasteiger charge is -2.36. The molecule has 1 amide bonds. The zero-order valence-electron chi connectivity index (χ0n) is 16.8. The van der Waals surface area contributed by atoms with Gasteiger partial charge in [0.2, 0.25) is 5.91 Å². The largest absolute Gasteiger partial charge is 0.356 e. The molecule has 0 aromatic heterocycles. The van der Waals surface area contributed by atoms with Gasteiger partial charge in [0, 0.05) is 52.9 Å². The van der Waals surface area contributed by atoms with E-state index in [4.69, 9.17) is 0 Å². The van der Waals surface area contributed by atoms with Gasteiger partial charge in [-0.15, -0.1) is 0 Å². The van der Waals surface area contributed by atoms with E-state index in [9.17, 15) is 4.79 Å². The van der Waals surface area contributed by atoms with Gasteiger partial charge in [0.25, 0.3) is 0 Å². The molecule has 6 heteroatoms. The van der Waals surface area contributed by atoms with Gasteiger partial charge in [0.15, 0.2) is 5.96 Å². The molecular weight excluding hydrogens is 338 g/mol. The summed E-state index contributed by atoms with van der Waals surface area (Å²) in [6, 6.07) is 8.70. The summed E-state index contributed by atoms with van der Waals surface area (Å²) in [6.45, 7) is 9.09. The second-order valence-electron chi connectivity index (χ2n) is 7.56. The molecule has 0 aliphatic carbocycles. The molecule has 0 unspecified atom stereocenters. The average molecular weight is 372 g/mol.